The second-order valence-corrected chi connectivity index (χ2v) is 5.16. The molecule has 122 valence electrons. The van der Waals surface area contributed by atoms with E-state index in [-0.39, 0.29) is 27.7 Å². The zero-order valence-electron chi connectivity index (χ0n) is 11.5. The van der Waals surface area contributed by atoms with E-state index in [1.165, 1.54) is 0 Å². The summed E-state index contributed by atoms with van der Waals surface area (Å²) in [6.07, 6.45) is -3.12. The van der Waals surface area contributed by atoms with Crippen molar-refractivity contribution in [2.45, 2.75) is 6.43 Å². The van der Waals surface area contributed by atoms with Gasteiger partial charge in [-0.15, -0.1) is 0 Å². The molecule has 0 aliphatic rings. The Bertz CT molecular complexity index is 785. The van der Waals surface area contributed by atoms with Crippen LogP contribution in [0.4, 0.5) is 18.9 Å². The molecule has 9 heteroatoms. The first-order valence-corrected chi connectivity index (χ1v) is 6.84. The second kappa shape index (κ2) is 6.64. The van der Waals surface area contributed by atoms with Gasteiger partial charge in [0.05, 0.1) is 34.1 Å². The number of nitrogens with zero attached hydrogens (tertiary/aromatic N) is 1. The third-order valence-electron chi connectivity index (χ3n) is 2.99. The van der Waals surface area contributed by atoms with E-state index in [4.69, 9.17) is 28.9 Å². The maximum absolute atomic E-state index is 14.3. The van der Waals surface area contributed by atoms with Gasteiger partial charge < -0.3 is 10.5 Å². The zero-order valence-corrected chi connectivity index (χ0v) is 13.1. The Labute approximate surface area is 139 Å². The molecule has 2 aromatic rings. The summed E-state index contributed by atoms with van der Waals surface area (Å²) < 4.78 is 44.7. The Kier molecular flexibility index (Phi) is 5.01. The van der Waals surface area contributed by atoms with E-state index in [0.29, 0.717) is 0 Å². The molecule has 1 aromatic heterocycles. The molecule has 0 bridgehead atoms. The predicted octanol–water partition coefficient (Wildman–Crippen LogP) is 4.50. The van der Waals surface area contributed by atoms with Gasteiger partial charge in [-0.1, -0.05) is 23.2 Å². The van der Waals surface area contributed by atoms with Gasteiger partial charge in [0.1, 0.15) is 5.82 Å². The van der Waals surface area contributed by atoms with E-state index in [2.05, 4.69) is 9.72 Å². The molecule has 4 nitrogen and oxygen atoms in total. The van der Waals surface area contributed by atoms with Crippen molar-refractivity contribution in [3.05, 3.63) is 45.3 Å². The normalized spacial score (nSPS) is 10.9. The number of ether oxygens (including phenoxy) is 1. The summed E-state index contributed by atoms with van der Waals surface area (Å²) in [6.45, 7) is 0. The summed E-state index contributed by atoms with van der Waals surface area (Å²) in [5.74, 6) is -2.15. The fourth-order valence-electron chi connectivity index (χ4n) is 1.89. The quantitative estimate of drug-likeness (QED) is 0.814. The van der Waals surface area contributed by atoms with Gasteiger partial charge in [0.25, 0.3) is 6.43 Å². The summed E-state index contributed by atoms with van der Waals surface area (Å²) in [5, 5.41) is -0.597. The number of hydrogen-bond acceptors (Lipinski definition) is 4. The number of anilines is 1. The van der Waals surface area contributed by atoms with Crippen molar-refractivity contribution in [1.82, 2.24) is 4.98 Å². The van der Waals surface area contributed by atoms with Gasteiger partial charge in [-0.3, -0.25) is 0 Å². The number of rotatable bonds is 3. The van der Waals surface area contributed by atoms with Crippen LogP contribution in [0.1, 0.15) is 22.5 Å². The van der Waals surface area contributed by atoms with Gasteiger partial charge in [-0.05, 0) is 18.2 Å². The number of alkyl halides is 2. The highest BCUT2D eigenvalue weighted by Gasteiger charge is 2.24. The van der Waals surface area contributed by atoms with E-state index in [0.717, 1.165) is 25.3 Å². The van der Waals surface area contributed by atoms with Crippen LogP contribution in [0.2, 0.25) is 10.0 Å². The Morgan fingerprint density at radius 3 is 2.57 bits per heavy atom. The number of aromatic nitrogens is 1. The number of nitrogen functional groups attached to an aromatic ring is 1. The van der Waals surface area contributed by atoms with E-state index >= 15 is 0 Å². The highest BCUT2D eigenvalue weighted by Crippen LogP contribution is 2.36. The van der Waals surface area contributed by atoms with Crippen molar-refractivity contribution in [3.63, 3.8) is 0 Å². The van der Waals surface area contributed by atoms with Crippen molar-refractivity contribution < 1.29 is 22.7 Å². The zero-order chi connectivity index (χ0) is 17.3. The van der Waals surface area contributed by atoms with Crippen molar-refractivity contribution in [2.75, 3.05) is 12.8 Å². The molecule has 0 aliphatic heterocycles. The molecule has 23 heavy (non-hydrogen) atoms. The topological polar surface area (TPSA) is 65.2 Å². The van der Waals surface area contributed by atoms with Gasteiger partial charge in [-0.25, -0.2) is 22.9 Å². The van der Waals surface area contributed by atoms with Gasteiger partial charge in [-0.2, -0.15) is 0 Å². The molecule has 0 saturated carbocycles. The molecule has 0 unspecified atom stereocenters. The van der Waals surface area contributed by atoms with E-state index in [1.807, 2.05) is 0 Å². The summed E-state index contributed by atoms with van der Waals surface area (Å²) >= 11 is 11.4. The fraction of sp³-hybridized carbons (Fsp3) is 0.143. The van der Waals surface area contributed by atoms with E-state index < -0.39 is 28.8 Å². The van der Waals surface area contributed by atoms with Crippen LogP contribution in [-0.2, 0) is 4.74 Å². The molecule has 1 heterocycles. The first-order chi connectivity index (χ1) is 10.8. The Morgan fingerprint density at radius 1 is 1.35 bits per heavy atom. The molecule has 0 radical (unpaired) electrons. The maximum Gasteiger partial charge on any atom is 0.358 e. The average Bonchev–Trinajstić information content (AvgIpc) is 2.49. The summed E-state index contributed by atoms with van der Waals surface area (Å²) in [6, 6.07) is 3.42. The van der Waals surface area contributed by atoms with Crippen molar-refractivity contribution >= 4 is 34.9 Å². The summed E-state index contributed by atoms with van der Waals surface area (Å²) in [7, 11) is 1.10. The number of benzene rings is 1. The first-order valence-electron chi connectivity index (χ1n) is 6.08. The van der Waals surface area contributed by atoms with Gasteiger partial charge >= 0.3 is 5.97 Å². The highest BCUT2D eigenvalue weighted by atomic mass is 35.5. The molecular formula is C14H9Cl2F3N2O2. The Hall–Kier alpha value is -1.99. The van der Waals surface area contributed by atoms with Crippen LogP contribution in [0.15, 0.2) is 18.2 Å². The first kappa shape index (κ1) is 17.4. The fourth-order valence-corrected chi connectivity index (χ4v) is 2.29. The summed E-state index contributed by atoms with van der Waals surface area (Å²) in [5.41, 5.74) is 3.82. The van der Waals surface area contributed by atoms with E-state index in [9.17, 15) is 18.0 Å². The molecule has 0 amide bonds. The lowest BCUT2D eigenvalue weighted by molar-refractivity contribution is 0.0594. The van der Waals surface area contributed by atoms with Gasteiger partial charge in [0.15, 0.2) is 5.69 Å². The SMILES string of the molecule is COC(=O)c1nc(-c2ccc(Cl)c(C(F)F)c2F)cc(N)c1Cl. The number of esters is 1. The minimum Gasteiger partial charge on any atom is -0.464 e. The minimum atomic E-state index is -3.12. The van der Waals surface area contributed by atoms with Crippen LogP contribution >= 0.6 is 23.2 Å². The Morgan fingerprint density at radius 2 is 2.00 bits per heavy atom. The van der Waals surface area contributed by atoms with Gasteiger partial charge in [0.2, 0.25) is 0 Å². The van der Waals surface area contributed by atoms with Crippen LogP contribution in [-0.4, -0.2) is 18.1 Å². The standard InChI is InChI=1S/C14H9Cl2F3N2O2/c1-23-14(22)12-10(16)7(20)4-8(21-12)5-2-3-6(15)9(11(5)17)13(18)19/h2-4,13H,1H3,(H2,20,21). The van der Waals surface area contributed by atoms with Crippen LogP contribution in [0.5, 0.6) is 0 Å². The lowest BCUT2D eigenvalue weighted by Gasteiger charge is -2.12. The van der Waals surface area contributed by atoms with Crippen LogP contribution < -0.4 is 5.73 Å². The third kappa shape index (κ3) is 3.20. The van der Waals surface area contributed by atoms with Crippen molar-refractivity contribution in [2.24, 2.45) is 0 Å². The van der Waals surface area contributed by atoms with Crippen LogP contribution in [0.3, 0.4) is 0 Å². The largest absolute Gasteiger partial charge is 0.464 e. The molecule has 0 aliphatic carbocycles. The van der Waals surface area contributed by atoms with Crippen molar-refractivity contribution in [1.29, 1.82) is 0 Å². The predicted molar refractivity (Wildman–Crippen MR) is 80.4 cm³/mol. The lowest BCUT2D eigenvalue weighted by atomic mass is 10.1. The average molecular weight is 365 g/mol. The molecule has 0 atom stereocenters. The number of nitrogens with two attached hydrogens (primary N) is 1. The molecule has 1 aromatic carbocycles. The van der Waals surface area contributed by atoms with E-state index in [1.54, 1.807) is 0 Å². The smallest absolute Gasteiger partial charge is 0.358 e. The van der Waals surface area contributed by atoms with Crippen molar-refractivity contribution in [3.8, 4) is 11.3 Å². The number of carbonyl (C=O) groups is 1. The molecule has 2 rings (SSSR count). The monoisotopic (exact) mass is 364 g/mol. The molecule has 0 saturated heterocycles. The minimum absolute atomic E-state index is 0.0787. The third-order valence-corrected chi connectivity index (χ3v) is 3.71. The number of hydrogen-bond donors (Lipinski definition) is 1. The second-order valence-electron chi connectivity index (χ2n) is 4.37. The molecular weight excluding hydrogens is 356 g/mol. The van der Waals surface area contributed by atoms with Crippen LogP contribution in [0.25, 0.3) is 11.3 Å². The molecule has 2 N–H and O–H groups in total. The number of halogens is 5. The number of pyridine rings is 1. The molecule has 0 spiro atoms. The number of carbonyl (C=O) groups excluding carboxylic acids is 1. The Balaban J connectivity index is 2.71. The lowest BCUT2D eigenvalue weighted by Crippen LogP contribution is -2.08. The highest BCUT2D eigenvalue weighted by molar-refractivity contribution is 6.35. The summed E-state index contributed by atoms with van der Waals surface area (Å²) in [4.78, 5) is 15.5. The molecule has 0 fully saturated rings. The van der Waals surface area contributed by atoms with Gasteiger partial charge in [0, 0.05) is 5.56 Å². The number of methoxy groups -OCH3 is 1. The maximum atomic E-state index is 14.3. The van der Waals surface area contributed by atoms with Crippen LogP contribution in [0, 0.1) is 5.82 Å².